The summed E-state index contributed by atoms with van der Waals surface area (Å²) >= 11 is 5.96. The summed E-state index contributed by atoms with van der Waals surface area (Å²) in [5.74, 6) is 0. The summed E-state index contributed by atoms with van der Waals surface area (Å²) in [6, 6.07) is 7.69. The average molecular weight is 338 g/mol. The van der Waals surface area contributed by atoms with Crippen LogP contribution in [0.2, 0.25) is 5.02 Å². The second kappa shape index (κ2) is 6.70. The molecule has 0 radical (unpaired) electrons. The summed E-state index contributed by atoms with van der Waals surface area (Å²) in [7, 11) is 0. The second-order valence-corrected chi connectivity index (χ2v) is 7.14. The lowest BCUT2D eigenvalue weighted by molar-refractivity contribution is -0.0920. The number of hydrogen-bond acceptors (Lipinski definition) is 3. The summed E-state index contributed by atoms with van der Waals surface area (Å²) in [6.45, 7) is 2.78. The van der Waals surface area contributed by atoms with Gasteiger partial charge in [0, 0.05) is 18.0 Å². The minimum Gasteiger partial charge on any atom is -0.443 e. The summed E-state index contributed by atoms with van der Waals surface area (Å²) in [4.78, 5) is 14.4. The highest BCUT2D eigenvalue weighted by molar-refractivity contribution is 6.30. The van der Waals surface area contributed by atoms with Crippen molar-refractivity contribution < 1.29 is 14.6 Å². The second-order valence-electron chi connectivity index (χ2n) is 6.70. The van der Waals surface area contributed by atoms with Crippen LogP contribution in [-0.2, 0) is 4.74 Å². The fourth-order valence-corrected chi connectivity index (χ4v) is 3.92. The molecule has 126 valence electrons. The molecular weight excluding hydrogens is 314 g/mol. The monoisotopic (exact) mass is 337 g/mol. The van der Waals surface area contributed by atoms with E-state index in [0.717, 1.165) is 44.1 Å². The Morgan fingerprint density at radius 1 is 1.30 bits per heavy atom. The van der Waals surface area contributed by atoms with E-state index >= 15 is 0 Å². The summed E-state index contributed by atoms with van der Waals surface area (Å²) in [5.41, 5.74) is 0.731. The van der Waals surface area contributed by atoms with Crippen molar-refractivity contribution in [3.05, 3.63) is 34.9 Å². The summed E-state index contributed by atoms with van der Waals surface area (Å²) in [5, 5.41) is 10.4. The lowest BCUT2D eigenvalue weighted by Crippen LogP contribution is -2.52. The number of benzene rings is 1. The van der Waals surface area contributed by atoms with Gasteiger partial charge in [-0.2, -0.15) is 0 Å². The molecule has 1 saturated heterocycles. The molecule has 1 atom stereocenters. The van der Waals surface area contributed by atoms with Crippen LogP contribution in [0.25, 0.3) is 0 Å². The Morgan fingerprint density at radius 2 is 1.96 bits per heavy atom. The number of ether oxygens (including phenoxy) is 1. The van der Waals surface area contributed by atoms with Crippen molar-refractivity contribution in [1.29, 1.82) is 0 Å². The molecule has 5 heteroatoms. The molecule has 23 heavy (non-hydrogen) atoms. The fourth-order valence-electron chi connectivity index (χ4n) is 3.80. The lowest BCUT2D eigenvalue weighted by Gasteiger charge is -2.46. The zero-order valence-electron chi connectivity index (χ0n) is 13.5. The van der Waals surface area contributed by atoms with E-state index in [1.807, 2.05) is 29.2 Å². The van der Waals surface area contributed by atoms with Crippen molar-refractivity contribution in [3.63, 3.8) is 0 Å². The molecule has 1 unspecified atom stereocenters. The highest BCUT2D eigenvalue weighted by atomic mass is 35.5. The molecule has 1 aliphatic heterocycles. The highest BCUT2D eigenvalue weighted by Gasteiger charge is 2.44. The van der Waals surface area contributed by atoms with Crippen LogP contribution < -0.4 is 0 Å². The van der Waals surface area contributed by atoms with Crippen molar-refractivity contribution in [2.24, 2.45) is 0 Å². The topological polar surface area (TPSA) is 49.8 Å². The first-order valence-corrected chi connectivity index (χ1v) is 8.84. The number of aliphatic hydroxyl groups is 1. The van der Waals surface area contributed by atoms with Gasteiger partial charge in [0.05, 0.1) is 12.1 Å². The SMILES string of the molecule is CCC(c1ccc(Cl)cc1)N1CC[C@]2(CC[C@@H](O)CC2)OC1=O. The van der Waals surface area contributed by atoms with E-state index in [1.54, 1.807) is 0 Å². The molecule has 1 aliphatic carbocycles. The van der Waals surface area contributed by atoms with Crippen LogP contribution in [-0.4, -0.2) is 34.3 Å². The van der Waals surface area contributed by atoms with Crippen LogP contribution in [0.4, 0.5) is 4.79 Å². The molecular formula is C18H24ClNO3. The molecule has 0 aromatic heterocycles. The summed E-state index contributed by atoms with van der Waals surface area (Å²) < 4.78 is 5.85. The van der Waals surface area contributed by atoms with Gasteiger partial charge in [0.2, 0.25) is 0 Å². The number of carbonyl (C=O) groups excluding carboxylic acids is 1. The quantitative estimate of drug-likeness (QED) is 0.894. The number of amides is 1. The minimum absolute atomic E-state index is 0.0197. The van der Waals surface area contributed by atoms with Gasteiger partial charge in [0.25, 0.3) is 0 Å². The van der Waals surface area contributed by atoms with Gasteiger partial charge in [-0.15, -0.1) is 0 Å². The number of hydrogen-bond donors (Lipinski definition) is 1. The number of halogens is 1. The Balaban J connectivity index is 1.72. The number of carbonyl (C=O) groups is 1. The van der Waals surface area contributed by atoms with Crippen LogP contribution in [0.15, 0.2) is 24.3 Å². The molecule has 1 N–H and O–H groups in total. The van der Waals surface area contributed by atoms with E-state index in [1.165, 1.54) is 0 Å². The largest absolute Gasteiger partial charge is 0.443 e. The standard InChI is InChI=1S/C18H24ClNO3/c1-2-16(13-3-5-14(19)6-4-13)20-12-11-18(23-17(20)22)9-7-15(21)8-10-18/h3-6,15-16,21H,2,7-12H2,1H3/t15-,16?,18-. The summed E-state index contributed by atoms with van der Waals surface area (Å²) in [6.07, 6.45) is 4.20. The molecule has 1 aromatic rings. The van der Waals surface area contributed by atoms with Gasteiger partial charge in [-0.05, 0) is 49.8 Å². The third kappa shape index (κ3) is 3.48. The van der Waals surface area contributed by atoms with Crippen molar-refractivity contribution in [3.8, 4) is 0 Å². The molecule has 1 amide bonds. The third-order valence-corrected chi connectivity index (χ3v) is 5.48. The molecule has 1 heterocycles. The van der Waals surface area contributed by atoms with Crippen molar-refractivity contribution in [2.45, 2.75) is 63.2 Å². The third-order valence-electron chi connectivity index (χ3n) is 5.23. The van der Waals surface area contributed by atoms with Crippen LogP contribution in [0.5, 0.6) is 0 Å². The molecule has 1 saturated carbocycles. The lowest BCUT2D eigenvalue weighted by atomic mass is 9.80. The van der Waals surface area contributed by atoms with Crippen molar-refractivity contribution in [2.75, 3.05) is 6.54 Å². The Kier molecular flexibility index (Phi) is 4.83. The van der Waals surface area contributed by atoms with E-state index in [2.05, 4.69) is 6.92 Å². The molecule has 0 bridgehead atoms. The van der Waals surface area contributed by atoms with E-state index in [-0.39, 0.29) is 23.8 Å². The maximum atomic E-state index is 12.6. The first kappa shape index (κ1) is 16.6. The van der Waals surface area contributed by atoms with Gasteiger partial charge in [-0.1, -0.05) is 30.7 Å². The average Bonchev–Trinajstić information content (AvgIpc) is 2.55. The zero-order chi connectivity index (χ0) is 16.4. The minimum atomic E-state index is -0.356. The predicted molar refractivity (Wildman–Crippen MR) is 89.5 cm³/mol. The maximum Gasteiger partial charge on any atom is 0.410 e. The van der Waals surface area contributed by atoms with Crippen molar-refractivity contribution in [1.82, 2.24) is 4.90 Å². The highest BCUT2D eigenvalue weighted by Crippen LogP contribution is 2.40. The Morgan fingerprint density at radius 3 is 2.52 bits per heavy atom. The van der Waals surface area contributed by atoms with Gasteiger partial charge in [-0.3, -0.25) is 0 Å². The molecule has 2 aliphatic rings. The van der Waals surface area contributed by atoms with Crippen LogP contribution >= 0.6 is 11.6 Å². The fraction of sp³-hybridized carbons (Fsp3) is 0.611. The molecule has 3 rings (SSSR count). The van der Waals surface area contributed by atoms with Gasteiger partial charge >= 0.3 is 6.09 Å². The van der Waals surface area contributed by atoms with E-state index < -0.39 is 0 Å². The van der Waals surface area contributed by atoms with Gasteiger partial charge < -0.3 is 14.7 Å². The Bertz CT molecular complexity index is 552. The number of rotatable bonds is 3. The first-order chi connectivity index (χ1) is 11.0. The molecule has 1 spiro atoms. The van der Waals surface area contributed by atoms with Crippen LogP contribution in [0.3, 0.4) is 0 Å². The Labute approximate surface area is 142 Å². The molecule has 2 fully saturated rings. The van der Waals surface area contributed by atoms with Gasteiger partial charge in [-0.25, -0.2) is 4.79 Å². The zero-order valence-corrected chi connectivity index (χ0v) is 14.3. The smallest absolute Gasteiger partial charge is 0.410 e. The number of nitrogens with zero attached hydrogens (tertiary/aromatic N) is 1. The van der Waals surface area contributed by atoms with Crippen LogP contribution in [0.1, 0.15) is 57.1 Å². The van der Waals surface area contributed by atoms with Crippen molar-refractivity contribution >= 4 is 17.7 Å². The maximum absolute atomic E-state index is 12.6. The van der Waals surface area contributed by atoms with E-state index in [0.29, 0.717) is 11.6 Å². The van der Waals surface area contributed by atoms with E-state index in [9.17, 15) is 9.90 Å². The first-order valence-electron chi connectivity index (χ1n) is 8.46. The Hall–Kier alpha value is -1.26. The molecule has 4 nitrogen and oxygen atoms in total. The molecule has 1 aromatic carbocycles. The van der Waals surface area contributed by atoms with Gasteiger partial charge in [0.15, 0.2) is 0 Å². The van der Waals surface area contributed by atoms with Gasteiger partial charge in [0.1, 0.15) is 5.60 Å². The number of aliphatic hydroxyl groups excluding tert-OH is 1. The van der Waals surface area contributed by atoms with Crippen LogP contribution in [0, 0.1) is 0 Å². The van der Waals surface area contributed by atoms with E-state index in [4.69, 9.17) is 16.3 Å². The predicted octanol–water partition coefficient (Wildman–Crippen LogP) is 4.31. The normalized spacial score (nSPS) is 29.4.